The fourth-order valence-electron chi connectivity index (χ4n) is 2.55. The van der Waals surface area contributed by atoms with Crippen molar-refractivity contribution >= 4 is 21.5 Å². The van der Waals surface area contributed by atoms with E-state index in [2.05, 4.69) is 15.0 Å². The molecule has 2 aromatic carbocycles. The summed E-state index contributed by atoms with van der Waals surface area (Å²) in [7, 11) is -3.71. The summed E-state index contributed by atoms with van der Waals surface area (Å²) in [4.78, 5) is 4.39. The molecule has 0 spiro atoms. The second-order valence-electron chi connectivity index (χ2n) is 6.29. The van der Waals surface area contributed by atoms with Gasteiger partial charge >= 0.3 is 0 Å². The van der Waals surface area contributed by atoms with Crippen molar-refractivity contribution in [3.63, 3.8) is 0 Å². The van der Waals surface area contributed by atoms with Crippen LogP contribution in [0.1, 0.15) is 16.7 Å². The van der Waals surface area contributed by atoms with Crippen molar-refractivity contribution in [3.8, 4) is 0 Å². The molecule has 0 bridgehead atoms. The van der Waals surface area contributed by atoms with Gasteiger partial charge in [0.05, 0.1) is 16.8 Å². The predicted molar refractivity (Wildman–Crippen MR) is 105 cm³/mol. The summed E-state index contributed by atoms with van der Waals surface area (Å²) in [5.41, 5.74) is 3.20. The van der Waals surface area contributed by atoms with E-state index >= 15 is 0 Å². The lowest BCUT2D eigenvalue weighted by atomic mass is 10.2. The zero-order chi connectivity index (χ0) is 19.4. The molecule has 2 N–H and O–H groups in total. The van der Waals surface area contributed by atoms with Gasteiger partial charge in [0, 0.05) is 6.54 Å². The van der Waals surface area contributed by atoms with Crippen LogP contribution in [0.4, 0.5) is 15.9 Å². The third-order valence-electron chi connectivity index (χ3n) is 4.05. The second-order valence-corrected chi connectivity index (χ2v) is 7.94. The Balaban J connectivity index is 1.68. The van der Waals surface area contributed by atoms with Gasteiger partial charge in [-0.25, -0.2) is 17.8 Å². The van der Waals surface area contributed by atoms with Gasteiger partial charge in [0.2, 0.25) is 0 Å². The minimum absolute atomic E-state index is 0.239. The summed E-state index contributed by atoms with van der Waals surface area (Å²) in [6.45, 7) is 4.11. The maximum atomic E-state index is 12.9. The summed E-state index contributed by atoms with van der Waals surface area (Å²) >= 11 is 0. The number of benzene rings is 2. The number of nitrogens with one attached hydrogen (secondary N) is 2. The Morgan fingerprint density at radius 2 is 1.74 bits per heavy atom. The van der Waals surface area contributed by atoms with E-state index in [1.165, 1.54) is 12.1 Å². The van der Waals surface area contributed by atoms with Crippen LogP contribution < -0.4 is 10.0 Å². The Morgan fingerprint density at radius 3 is 2.41 bits per heavy atom. The van der Waals surface area contributed by atoms with Gasteiger partial charge in [-0.2, -0.15) is 0 Å². The first kappa shape index (κ1) is 18.8. The molecule has 5 nitrogen and oxygen atoms in total. The number of rotatable bonds is 6. The van der Waals surface area contributed by atoms with E-state index in [1.807, 2.05) is 13.0 Å². The van der Waals surface area contributed by atoms with Crippen LogP contribution in [0.25, 0.3) is 0 Å². The maximum Gasteiger partial charge on any atom is 0.263 e. The minimum Gasteiger partial charge on any atom is -0.380 e. The SMILES string of the molecule is Cc1ccc(C)c(S(=O)(=O)Nc2ccc(NCc3ccc(F)cc3)cn2)c1. The van der Waals surface area contributed by atoms with Crippen LogP contribution in [0, 0.1) is 19.7 Å². The Bertz CT molecular complexity index is 1030. The molecule has 0 radical (unpaired) electrons. The first-order valence-corrected chi connectivity index (χ1v) is 9.86. The largest absolute Gasteiger partial charge is 0.380 e. The predicted octanol–water partition coefficient (Wildman–Crippen LogP) is 4.25. The number of nitrogens with zero attached hydrogens (tertiary/aromatic N) is 1. The molecule has 0 amide bonds. The lowest BCUT2D eigenvalue weighted by Gasteiger charge is -2.11. The number of anilines is 2. The Morgan fingerprint density at radius 1 is 1.00 bits per heavy atom. The molecule has 140 valence electrons. The van der Waals surface area contributed by atoms with Crippen LogP contribution in [0.15, 0.2) is 65.7 Å². The van der Waals surface area contributed by atoms with Crippen molar-refractivity contribution < 1.29 is 12.8 Å². The van der Waals surface area contributed by atoms with Gasteiger partial charge in [-0.3, -0.25) is 4.72 Å². The average Bonchev–Trinajstić information content (AvgIpc) is 2.64. The zero-order valence-electron chi connectivity index (χ0n) is 15.0. The Labute approximate surface area is 158 Å². The van der Waals surface area contributed by atoms with Crippen LogP contribution in [0.3, 0.4) is 0 Å². The topological polar surface area (TPSA) is 71.1 Å². The molecule has 0 aliphatic heterocycles. The molecule has 0 aliphatic carbocycles. The molecular formula is C20H20FN3O2S. The van der Waals surface area contributed by atoms with Crippen molar-refractivity contribution in [1.82, 2.24) is 4.98 Å². The number of hydrogen-bond acceptors (Lipinski definition) is 4. The van der Waals surface area contributed by atoms with Crippen molar-refractivity contribution in [1.29, 1.82) is 0 Å². The molecule has 0 aliphatic rings. The number of pyridine rings is 1. The van der Waals surface area contributed by atoms with E-state index in [-0.39, 0.29) is 16.5 Å². The van der Waals surface area contributed by atoms with Crippen LogP contribution in [0.2, 0.25) is 0 Å². The lowest BCUT2D eigenvalue weighted by molar-refractivity contribution is 0.600. The van der Waals surface area contributed by atoms with Crippen LogP contribution >= 0.6 is 0 Å². The molecule has 0 saturated heterocycles. The normalized spacial score (nSPS) is 11.2. The summed E-state index contributed by atoms with van der Waals surface area (Å²) in [5, 5.41) is 3.16. The van der Waals surface area contributed by atoms with Gasteiger partial charge in [-0.1, -0.05) is 24.3 Å². The molecule has 27 heavy (non-hydrogen) atoms. The summed E-state index contributed by atoms with van der Waals surface area (Å²) in [6, 6.07) is 14.8. The quantitative estimate of drug-likeness (QED) is 0.665. The highest BCUT2D eigenvalue weighted by Crippen LogP contribution is 2.20. The number of sulfonamides is 1. The molecule has 0 fully saturated rings. The van der Waals surface area contributed by atoms with Gasteiger partial charge in [-0.05, 0) is 60.9 Å². The molecular weight excluding hydrogens is 365 g/mol. The molecule has 3 rings (SSSR count). The first-order chi connectivity index (χ1) is 12.8. The van der Waals surface area contributed by atoms with E-state index in [0.29, 0.717) is 12.1 Å². The van der Waals surface area contributed by atoms with Gasteiger partial charge in [0.15, 0.2) is 0 Å². The molecule has 1 aromatic heterocycles. The maximum absolute atomic E-state index is 12.9. The summed E-state index contributed by atoms with van der Waals surface area (Å²) in [5.74, 6) is -0.0378. The fourth-order valence-corrected chi connectivity index (χ4v) is 3.89. The van der Waals surface area contributed by atoms with Crippen LogP contribution in [0.5, 0.6) is 0 Å². The monoisotopic (exact) mass is 385 g/mol. The molecule has 0 atom stereocenters. The van der Waals surface area contributed by atoms with Gasteiger partial charge < -0.3 is 5.32 Å². The molecule has 1 heterocycles. The molecule has 7 heteroatoms. The van der Waals surface area contributed by atoms with Gasteiger partial charge in [0.1, 0.15) is 11.6 Å². The Hall–Kier alpha value is -2.93. The van der Waals surface area contributed by atoms with E-state index in [0.717, 1.165) is 16.8 Å². The zero-order valence-corrected chi connectivity index (χ0v) is 15.8. The highest BCUT2D eigenvalue weighted by Gasteiger charge is 2.17. The smallest absolute Gasteiger partial charge is 0.263 e. The molecule has 0 unspecified atom stereocenters. The third-order valence-corrected chi connectivity index (χ3v) is 5.54. The summed E-state index contributed by atoms with van der Waals surface area (Å²) in [6.07, 6.45) is 1.55. The lowest BCUT2D eigenvalue weighted by Crippen LogP contribution is -2.15. The number of aromatic nitrogens is 1. The first-order valence-electron chi connectivity index (χ1n) is 8.38. The van der Waals surface area contributed by atoms with Crippen molar-refractivity contribution in [3.05, 3.63) is 83.3 Å². The van der Waals surface area contributed by atoms with Gasteiger partial charge in [-0.15, -0.1) is 0 Å². The van der Waals surface area contributed by atoms with E-state index in [4.69, 9.17) is 0 Å². The van der Waals surface area contributed by atoms with Crippen molar-refractivity contribution in [2.75, 3.05) is 10.0 Å². The van der Waals surface area contributed by atoms with E-state index in [1.54, 1.807) is 49.5 Å². The van der Waals surface area contributed by atoms with Gasteiger partial charge in [0.25, 0.3) is 10.0 Å². The highest BCUT2D eigenvalue weighted by atomic mass is 32.2. The van der Waals surface area contributed by atoms with Crippen molar-refractivity contribution in [2.45, 2.75) is 25.3 Å². The summed E-state index contributed by atoms with van der Waals surface area (Å²) < 4.78 is 40.6. The van der Waals surface area contributed by atoms with Crippen LogP contribution in [-0.2, 0) is 16.6 Å². The number of halogens is 1. The second kappa shape index (κ2) is 7.75. The van der Waals surface area contributed by atoms with Crippen LogP contribution in [-0.4, -0.2) is 13.4 Å². The third kappa shape index (κ3) is 4.83. The molecule has 3 aromatic rings. The number of aryl methyl sites for hydroxylation is 2. The highest BCUT2D eigenvalue weighted by molar-refractivity contribution is 7.92. The average molecular weight is 385 g/mol. The fraction of sp³-hybridized carbons (Fsp3) is 0.150. The van der Waals surface area contributed by atoms with Crippen molar-refractivity contribution in [2.24, 2.45) is 0 Å². The molecule has 0 saturated carbocycles. The number of hydrogen-bond donors (Lipinski definition) is 2. The standard InChI is InChI=1S/C20H20FN3O2S/c1-14-3-4-15(2)19(11-14)27(25,26)24-20-10-9-18(13-23-20)22-12-16-5-7-17(21)8-6-16/h3-11,13,22H,12H2,1-2H3,(H,23,24). The van der Waals surface area contributed by atoms with E-state index in [9.17, 15) is 12.8 Å². The minimum atomic E-state index is -3.71. The van der Waals surface area contributed by atoms with E-state index < -0.39 is 10.0 Å². The Kier molecular flexibility index (Phi) is 5.41.